The van der Waals surface area contributed by atoms with Crippen molar-refractivity contribution in [3.63, 3.8) is 0 Å². The Morgan fingerprint density at radius 2 is 0.960 bits per heavy atom. The molecule has 0 amide bonds. The molecule has 0 saturated heterocycles. The van der Waals surface area contributed by atoms with E-state index in [1.54, 1.807) is 0 Å². The van der Waals surface area contributed by atoms with Crippen LogP contribution in [0, 0.1) is 29.9 Å². The Morgan fingerprint density at radius 1 is 0.500 bits per heavy atom. The van der Waals surface area contributed by atoms with Crippen LogP contribution in [0.15, 0.2) is 91.3 Å². The third-order valence-electron chi connectivity index (χ3n) is 14.3. The predicted octanol–water partition coefficient (Wildman–Crippen LogP) is 12.3. The number of aromatic nitrogens is 2. The fraction of sp³-hybridized carbons (Fsp3) is 0.404. The molecule has 0 saturated carbocycles. The van der Waals surface area contributed by atoms with Crippen LogP contribution in [0.2, 0.25) is 0 Å². The topological polar surface area (TPSA) is 25.8 Å². The van der Waals surface area contributed by atoms with E-state index >= 15 is 0 Å². The minimum atomic E-state index is 0. The zero-order valence-corrected chi connectivity index (χ0v) is 34.8. The van der Waals surface area contributed by atoms with E-state index in [0.29, 0.717) is 0 Å². The first-order valence-electron chi connectivity index (χ1n) is 17.8. The third-order valence-corrected chi connectivity index (χ3v) is 14.3. The molecule has 0 atom stereocenters. The summed E-state index contributed by atoms with van der Waals surface area (Å²) >= 11 is 0. The van der Waals surface area contributed by atoms with Crippen LogP contribution >= 0.6 is 0 Å². The van der Waals surface area contributed by atoms with Crippen molar-refractivity contribution < 1.29 is 20.1 Å². The van der Waals surface area contributed by atoms with Gasteiger partial charge < -0.3 is 9.97 Å². The van der Waals surface area contributed by atoms with Crippen molar-refractivity contribution >= 4 is 0 Å². The molecule has 2 aromatic heterocycles. The summed E-state index contributed by atoms with van der Waals surface area (Å²) in [6, 6.07) is 34.8. The first kappa shape index (κ1) is 37.9. The summed E-state index contributed by atoms with van der Waals surface area (Å²) in [7, 11) is 0. The molecule has 3 aromatic carbocycles. The quantitative estimate of drug-likeness (QED) is 0.169. The van der Waals surface area contributed by atoms with E-state index in [0.717, 1.165) is 28.1 Å². The van der Waals surface area contributed by atoms with Crippen LogP contribution in [0.4, 0.5) is 0 Å². The normalized spacial score (nSPS) is 19.3. The summed E-state index contributed by atoms with van der Waals surface area (Å²) in [6.45, 7) is 30.6. The van der Waals surface area contributed by atoms with E-state index in [1.165, 1.54) is 33.4 Å². The molecule has 0 N–H and O–H groups in total. The van der Waals surface area contributed by atoms with Crippen LogP contribution in [-0.2, 0) is 41.8 Å². The molecule has 263 valence electrons. The largest absolute Gasteiger partial charge is 0.305 e. The van der Waals surface area contributed by atoms with E-state index in [4.69, 9.17) is 4.98 Å². The monoisotopic (exact) mass is 839 g/mol. The standard InChI is InChI=1S/C27H30N.C20H24N.Ir/c1-18-10-8-9-11-21(18)20-13-15-24(28-17-20)19-12-14-22-23(16-19)26(4,5)27(6,7)25(22,2)3;1-18(2)15-11-10-14(17-9-7-8-12-21-17)13-16(15)19(3,4)20(18,5)6;/h8-11,13-17H,1-7H3;7-9,11-13H,1-6H3;/q2*-1;. The molecule has 0 spiro atoms. The fourth-order valence-electron chi connectivity index (χ4n) is 8.39. The third kappa shape index (κ3) is 5.55. The van der Waals surface area contributed by atoms with Crippen LogP contribution in [-0.4, -0.2) is 9.97 Å². The van der Waals surface area contributed by atoms with Gasteiger partial charge in [-0.05, 0) is 73.6 Å². The Labute approximate surface area is 316 Å². The van der Waals surface area contributed by atoms with Gasteiger partial charge in [0, 0.05) is 32.5 Å². The molecule has 7 rings (SSSR count). The molecule has 1 radical (unpaired) electrons. The van der Waals surface area contributed by atoms with E-state index in [-0.39, 0.29) is 52.6 Å². The van der Waals surface area contributed by atoms with Crippen LogP contribution in [0.3, 0.4) is 0 Å². The number of nitrogens with zero attached hydrogens (tertiary/aromatic N) is 2. The molecular formula is C47H54IrN2-2. The van der Waals surface area contributed by atoms with Gasteiger partial charge in [-0.3, -0.25) is 0 Å². The Kier molecular flexibility index (Phi) is 9.60. The number of hydrogen-bond acceptors (Lipinski definition) is 2. The Balaban J connectivity index is 0.000000198. The second-order valence-electron chi connectivity index (χ2n) is 17.6. The number of benzene rings is 3. The van der Waals surface area contributed by atoms with E-state index < -0.39 is 0 Å². The van der Waals surface area contributed by atoms with Crippen LogP contribution in [0.25, 0.3) is 33.6 Å². The van der Waals surface area contributed by atoms with Gasteiger partial charge in [0.15, 0.2) is 0 Å². The van der Waals surface area contributed by atoms with Gasteiger partial charge in [-0.15, -0.1) is 69.8 Å². The Bertz CT molecular complexity index is 2010. The minimum absolute atomic E-state index is 0. The summed E-state index contributed by atoms with van der Waals surface area (Å²) in [5.41, 5.74) is 14.4. The molecule has 50 heavy (non-hydrogen) atoms. The van der Waals surface area contributed by atoms with E-state index in [9.17, 15) is 0 Å². The van der Waals surface area contributed by atoms with Crippen molar-refractivity contribution in [1.82, 2.24) is 9.97 Å². The van der Waals surface area contributed by atoms with Gasteiger partial charge in [-0.1, -0.05) is 132 Å². The van der Waals surface area contributed by atoms with Crippen LogP contribution in [0.1, 0.15) is 111 Å². The average Bonchev–Trinajstić information content (AvgIpc) is 3.25. The summed E-state index contributed by atoms with van der Waals surface area (Å²) in [6.07, 6.45) is 3.83. The molecule has 2 heterocycles. The van der Waals surface area contributed by atoms with Crippen molar-refractivity contribution in [2.24, 2.45) is 10.8 Å². The van der Waals surface area contributed by atoms with Gasteiger partial charge >= 0.3 is 0 Å². The van der Waals surface area contributed by atoms with E-state index in [2.05, 4.69) is 174 Å². The Hall–Kier alpha value is -3.39. The summed E-state index contributed by atoms with van der Waals surface area (Å²) < 4.78 is 0. The van der Waals surface area contributed by atoms with Crippen molar-refractivity contribution in [3.8, 4) is 33.6 Å². The number of fused-ring (bicyclic) bond motifs is 2. The molecule has 0 fully saturated rings. The number of rotatable bonds is 3. The predicted molar refractivity (Wildman–Crippen MR) is 207 cm³/mol. The first-order chi connectivity index (χ1) is 22.8. The summed E-state index contributed by atoms with van der Waals surface area (Å²) in [4.78, 5) is 9.24. The molecule has 2 aliphatic rings. The van der Waals surface area contributed by atoms with Gasteiger partial charge in [0.1, 0.15) is 0 Å². The van der Waals surface area contributed by atoms with Crippen molar-refractivity contribution in [2.75, 3.05) is 0 Å². The second kappa shape index (κ2) is 12.7. The van der Waals surface area contributed by atoms with Crippen LogP contribution < -0.4 is 0 Å². The zero-order valence-electron chi connectivity index (χ0n) is 32.4. The molecule has 3 heteroatoms. The molecule has 2 aliphatic carbocycles. The number of pyridine rings is 2. The fourth-order valence-corrected chi connectivity index (χ4v) is 8.39. The smallest absolute Gasteiger partial charge is 0.0239 e. The van der Waals surface area contributed by atoms with Gasteiger partial charge in [0.2, 0.25) is 0 Å². The summed E-state index contributed by atoms with van der Waals surface area (Å²) in [5.74, 6) is 0. The van der Waals surface area contributed by atoms with E-state index in [1.807, 2.05) is 24.5 Å². The second-order valence-corrected chi connectivity index (χ2v) is 17.6. The molecular weight excluding hydrogens is 785 g/mol. The zero-order chi connectivity index (χ0) is 35.8. The van der Waals surface area contributed by atoms with Crippen molar-refractivity contribution in [2.45, 2.75) is 112 Å². The SMILES string of the molecule is CC1(C)c2c[c-]c(-c3ccccn3)cc2C(C)(C)C1(C)C.Cc1ccccc1-c1ccc(-c2[c-]cc3c(c2)C(C)(C)C(C)(C)C3(C)C)nc1.[Ir]. The Morgan fingerprint density at radius 3 is 1.40 bits per heavy atom. The van der Waals surface area contributed by atoms with Gasteiger partial charge in [-0.2, -0.15) is 0 Å². The average molecular weight is 839 g/mol. The molecule has 2 nitrogen and oxygen atoms in total. The van der Waals surface area contributed by atoms with Gasteiger partial charge in [-0.25, -0.2) is 0 Å². The maximum absolute atomic E-state index is 4.78. The summed E-state index contributed by atoms with van der Waals surface area (Å²) in [5, 5.41) is 0. The number of hydrogen-bond donors (Lipinski definition) is 0. The molecule has 0 unspecified atom stereocenters. The van der Waals surface area contributed by atoms with Crippen molar-refractivity contribution in [3.05, 3.63) is 131 Å². The van der Waals surface area contributed by atoms with Crippen molar-refractivity contribution in [1.29, 1.82) is 0 Å². The number of aryl methyl sites for hydroxylation is 1. The molecule has 0 bridgehead atoms. The maximum Gasteiger partial charge on any atom is 0.0239 e. The van der Waals surface area contributed by atoms with Gasteiger partial charge in [0.25, 0.3) is 0 Å². The first-order valence-corrected chi connectivity index (χ1v) is 17.8. The maximum atomic E-state index is 4.78. The molecule has 5 aromatic rings. The minimum Gasteiger partial charge on any atom is -0.305 e. The molecule has 0 aliphatic heterocycles. The van der Waals surface area contributed by atoms with Gasteiger partial charge in [0.05, 0.1) is 0 Å². The van der Waals surface area contributed by atoms with Crippen LogP contribution in [0.5, 0.6) is 0 Å².